The van der Waals surface area contributed by atoms with E-state index in [-0.39, 0.29) is 24.4 Å². The highest BCUT2D eigenvalue weighted by atomic mass is 16.6. The summed E-state index contributed by atoms with van der Waals surface area (Å²) in [6, 6.07) is 5.32. The van der Waals surface area contributed by atoms with Gasteiger partial charge < -0.3 is 18.7 Å². The molecule has 0 spiro atoms. The lowest BCUT2D eigenvalue weighted by atomic mass is 10.1. The molecule has 1 heterocycles. The fourth-order valence-corrected chi connectivity index (χ4v) is 2.82. The molecular weight excluding hydrogens is 312 g/mol. The average molecular weight is 332 g/mol. The molecule has 1 aliphatic carbocycles. The molecule has 0 amide bonds. The Balaban J connectivity index is 1.68. The van der Waals surface area contributed by atoms with E-state index in [4.69, 9.17) is 18.7 Å². The van der Waals surface area contributed by atoms with Gasteiger partial charge >= 0.3 is 5.97 Å². The summed E-state index contributed by atoms with van der Waals surface area (Å²) < 4.78 is 20.9. The van der Waals surface area contributed by atoms with Crippen molar-refractivity contribution < 1.29 is 23.5 Å². The van der Waals surface area contributed by atoms with E-state index in [9.17, 15) is 4.79 Å². The summed E-state index contributed by atoms with van der Waals surface area (Å²) in [5.41, 5.74) is 0.676. The molecule has 1 aromatic carbocycles. The fraction of sp³-hybridized carbons (Fsp3) is 0.471. The molecule has 3 rings (SSSR count). The monoisotopic (exact) mass is 332 g/mol. The molecule has 128 valence electrons. The first-order valence-corrected chi connectivity index (χ1v) is 7.93. The van der Waals surface area contributed by atoms with E-state index in [1.54, 1.807) is 32.4 Å². The predicted molar refractivity (Wildman–Crippen MR) is 84.6 cm³/mol. The first kappa shape index (κ1) is 16.3. The molecular formula is C17H20N2O5. The first-order chi connectivity index (χ1) is 11.7. The van der Waals surface area contributed by atoms with E-state index in [0.717, 1.165) is 25.7 Å². The number of aromatic nitrogens is 2. The van der Waals surface area contributed by atoms with Gasteiger partial charge in [-0.1, -0.05) is 18.0 Å². The van der Waals surface area contributed by atoms with Gasteiger partial charge in [0, 0.05) is 6.07 Å². The van der Waals surface area contributed by atoms with Crippen molar-refractivity contribution in [3.63, 3.8) is 0 Å². The number of methoxy groups -OCH3 is 2. The lowest BCUT2D eigenvalue weighted by Gasteiger charge is -2.07. The van der Waals surface area contributed by atoms with Crippen LogP contribution in [-0.2, 0) is 16.1 Å². The highest BCUT2D eigenvalue weighted by Gasteiger charge is 2.24. The molecule has 1 fully saturated rings. The van der Waals surface area contributed by atoms with E-state index >= 15 is 0 Å². The van der Waals surface area contributed by atoms with E-state index < -0.39 is 0 Å². The van der Waals surface area contributed by atoms with Gasteiger partial charge in [-0.15, -0.1) is 0 Å². The number of rotatable bonds is 6. The molecule has 0 aliphatic heterocycles. The van der Waals surface area contributed by atoms with Gasteiger partial charge in [0.15, 0.2) is 6.61 Å². The Bertz CT molecular complexity index is 707. The van der Waals surface area contributed by atoms with Crippen molar-refractivity contribution in [3.8, 4) is 22.9 Å². The van der Waals surface area contributed by atoms with Gasteiger partial charge in [0.25, 0.3) is 5.89 Å². The van der Waals surface area contributed by atoms with E-state index in [2.05, 4.69) is 10.1 Å². The molecule has 0 saturated heterocycles. The third-order valence-corrected chi connectivity index (χ3v) is 4.14. The van der Waals surface area contributed by atoms with Crippen LogP contribution >= 0.6 is 0 Å². The van der Waals surface area contributed by atoms with Crippen molar-refractivity contribution in [1.82, 2.24) is 10.1 Å². The normalized spacial score (nSPS) is 14.6. The second kappa shape index (κ2) is 7.33. The summed E-state index contributed by atoms with van der Waals surface area (Å²) >= 11 is 0. The molecule has 1 aliphatic rings. The molecule has 0 radical (unpaired) electrons. The maximum Gasteiger partial charge on any atom is 0.309 e. The van der Waals surface area contributed by atoms with Crippen molar-refractivity contribution in [2.75, 3.05) is 14.2 Å². The largest absolute Gasteiger partial charge is 0.497 e. The third kappa shape index (κ3) is 3.50. The highest BCUT2D eigenvalue weighted by Crippen LogP contribution is 2.31. The number of hydrogen-bond acceptors (Lipinski definition) is 7. The lowest BCUT2D eigenvalue weighted by Crippen LogP contribution is -2.14. The van der Waals surface area contributed by atoms with Crippen molar-refractivity contribution in [3.05, 3.63) is 24.1 Å². The molecule has 0 N–H and O–H groups in total. The van der Waals surface area contributed by atoms with Crippen LogP contribution in [0.15, 0.2) is 22.7 Å². The number of carbonyl (C=O) groups excluding carboxylic acids is 1. The van der Waals surface area contributed by atoms with Crippen molar-refractivity contribution in [2.24, 2.45) is 5.92 Å². The van der Waals surface area contributed by atoms with Crippen LogP contribution in [0.5, 0.6) is 11.5 Å². The van der Waals surface area contributed by atoms with Gasteiger partial charge in [-0.3, -0.25) is 4.79 Å². The van der Waals surface area contributed by atoms with Crippen LogP contribution in [0.3, 0.4) is 0 Å². The second-order valence-corrected chi connectivity index (χ2v) is 5.67. The fourth-order valence-electron chi connectivity index (χ4n) is 2.82. The second-order valence-electron chi connectivity index (χ2n) is 5.67. The van der Waals surface area contributed by atoms with E-state index in [0.29, 0.717) is 22.9 Å². The predicted octanol–water partition coefficient (Wildman–Crippen LogP) is 2.99. The molecule has 7 heteroatoms. The maximum atomic E-state index is 11.9. The zero-order valence-electron chi connectivity index (χ0n) is 13.8. The van der Waals surface area contributed by atoms with Gasteiger partial charge in [0.2, 0.25) is 5.82 Å². The van der Waals surface area contributed by atoms with Gasteiger partial charge in [0.05, 0.1) is 25.7 Å². The summed E-state index contributed by atoms with van der Waals surface area (Å²) in [4.78, 5) is 16.2. The summed E-state index contributed by atoms with van der Waals surface area (Å²) in [5.74, 6) is 1.70. The lowest BCUT2D eigenvalue weighted by molar-refractivity contribution is -0.150. The Morgan fingerprint density at radius 3 is 2.75 bits per heavy atom. The molecule has 2 aromatic rings. The molecule has 1 aromatic heterocycles. The number of nitrogens with zero attached hydrogens (tertiary/aromatic N) is 2. The molecule has 0 unspecified atom stereocenters. The van der Waals surface area contributed by atoms with Crippen LogP contribution in [0.2, 0.25) is 0 Å². The number of carbonyl (C=O) groups is 1. The first-order valence-electron chi connectivity index (χ1n) is 7.93. The summed E-state index contributed by atoms with van der Waals surface area (Å²) in [5, 5.41) is 3.93. The topological polar surface area (TPSA) is 83.7 Å². The van der Waals surface area contributed by atoms with Crippen LogP contribution in [0.25, 0.3) is 11.4 Å². The van der Waals surface area contributed by atoms with Crippen molar-refractivity contribution in [1.29, 1.82) is 0 Å². The summed E-state index contributed by atoms with van der Waals surface area (Å²) in [6.07, 6.45) is 3.97. The zero-order chi connectivity index (χ0) is 16.9. The minimum Gasteiger partial charge on any atom is -0.497 e. The molecule has 0 bridgehead atoms. The maximum absolute atomic E-state index is 11.9. The summed E-state index contributed by atoms with van der Waals surface area (Å²) in [6.45, 7) is -0.0131. The Hall–Kier alpha value is -2.57. The molecule has 0 atom stereocenters. The number of benzene rings is 1. The standard InChI is InChI=1S/C17H20N2O5/c1-21-12-7-8-13(14(9-12)22-2)16-18-15(24-19-16)10-23-17(20)11-5-3-4-6-11/h7-9,11H,3-6,10H2,1-2H3. The van der Waals surface area contributed by atoms with Gasteiger partial charge in [-0.25, -0.2) is 0 Å². The van der Waals surface area contributed by atoms with Crippen LogP contribution in [0, 0.1) is 5.92 Å². The summed E-state index contributed by atoms with van der Waals surface area (Å²) in [7, 11) is 3.14. The smallest absolute Gasteiger partial charge is 0.309 e. The Labute approximate surface area is 139 Å². The van der Waals surface area contributed by atoms with Gasteiger partial charge in [-0.05, 0) is 25.0 Å². The minimum atomic E-state index is -0.186. The Morgan fingerprint density at radius 1 is 1.25 bits per heavy atom. The van der Waals surface area contributed by atoms with Crippen LogP contribution < -0.4 is 9.47 Å². The van der Waals surface area contributed by atoms with E-state index in [1.807, 2.05) is 0 Å². The zero-order valence-corrected chi connectivity index (χ0v) is 13.8. The molecule has 1 saturated carbocycles. The van der Waals surface area contributed by atoms with Crippen molar-refractivity contribution in [2.45, 2.75) is 32.3 Å². The van der Waals surface area contributed by atoms with Crippen molar-refractivity contribution >= 4 is 5.97 Å². The Kier molecular flexibility index (Phi) is 4.98. The quantitative estimate of drug-likeness (QED) is 0.752. The molecule has 24 heavy (non-hydrogen) atoms. The number of hydrogen-bond donors (Lipinski definition) is 0. The van der Waals surface area contributed by atoms with Crippen LogP contribution in [0.1, 0.15) is 31.6 Å². The minimum absolute atomic E-state index is 0.00840. The van der Waals surface area contributed by atoms with E-state index in [1.165, 1.54) is 0 Å². The number of ether oxygens (including phenoxy) is 3. The third-order valence-electron chi connectivity index (χ3n) is 4.14. The molecule has 7 nitrogen and oxygen atoms in total. The van der Waals surface area contributed by atoms with Crippen LogP contribution in [0.4, 0.5) is 0 Å². The highest BCUT2D eigenvalue weighted by molar-refractivity contribution is 5.72. The van der Waals surface area contributed by atoms with Crippen LogP contribution in [-0.4, -0.2) is 30.3 Å². The number of esters is 1. The SMILES string of the molecule is COc1ccc(-c2noc(COC(=O)C3CCCC3)n2)c(OC)c1. The Morgan fingerprint density at radius 2 is 2.04 bits per heavy atom. The van der Waals surface area contributed by atoms with Gasteiger partial charge in [-0.2, -0.15) is 4.98 Å². The average Bonchev–Trinajstić information content (AvgIpc) is 3.30. The van der Waals surface area contributed by atoms with Gasteiger partial charge in [0.1, 0.15) is 11.5 Å².